The molecule has 1 fully saturated rings. The van der Waals surface area contributed by atoms with Gasteiger partial charge in [-0.1, -0.05) is 0 Å². The Morgan fingerprint density at radius 2 is 2.30 bits per heavy atom. The van der Waals surface area contributed by atoms with Crippen molar-refractivity contribution < 1.29 is 14.6 Å². The second-order valence-electron chi connectivity index (χ2n) is 5.26. The lowest BCUT2D eigenvalue weighted by molar-refractivity contribution is -0.150. The molecule has 1 N–H and O–H groups in total. The number of rotatable bonds is 4. The van der Waals surface area contributed by atoms with Crippen molar-refractivity contribution >= 4 is 33.3 Å². The molecular formula is C13H15N3O3S. The fraction of sp³-hybridized carbons (Fsp3) is 0.462. The van der Waals surface area contributed by atoms with Crippen LogP contribution in [0.1, 0.15) is 11.8 Å². The summed E-state index contributed by atoms with van der Waals surface area (Å²) >= 11 is 1.65. The van der Waals surface area contributed by atoms with Crippen LogP contribution < -0.4 is 4.90 Å². The van der Waals surface area contributed by atoms with Crippen molar-refractivity contribution in [1.82, 2.24) is 9.97 Å². The van der Waals surface area contributed by atoms with Gasteiger partial charge in [-0.05, 0) is 19.9 Å². The fourth-order valence-electron chi connectivity index (χ4n) is 2.45. The molecule has 0 saturated carbocycles. The van der Waals surface area contributed by atoms with Gasteiger partial charge in [0.25, 0.3) is 0 Å². The third kappa shape index (κ3) is 2.34. The molecular weight excluding hydrogens is 278 g/mol. The molecule has 0 spiro atoms. The van der Waals surface area contributed by atoms with E-state index in [9.17, 15) is 4.79 Å². The van der Waals surface area contributed by atoms with Gasteiger partial charge in [0.05, 0.1) is 18.5 Å². The highest BCUT2D eigenvalue weighted by Gasteiger charge is 2.41. The summed E-state index contributed by atoms with van der Waals surface area (Å²) in [5, 5.41) is 9.72. The first-order chi connectivity index (χ1) is 9.47. The molecule has 0 radical (unpaired) electrons. The van der Waals surface area contributed by atoms with Crippen molar-refractivity contribution in [1.29, 1.82) is 0 Å². The van der Waals surface area contributed by atoms with Gasteiger partial charge in [-0.25, -0.2) is 14.8 Å². The highest BCUT2D eigenvalue weighted by molar-refractivity contribution is 7.18. The first-order valence-corrected chi connectivity index (χ1v) is 7.10. The Labute approximate surface area is 120 Å². The SMILES string of the molecule is Cc1cc2c(N3CC(C)(OCC(=O)O)C3)ncnc2s1. The number of hydrogen-bond acceptors (Lipinski definition) is 6. The van der Waals surface area contributed by atoms with Crippen molar-refractivity contribution in [3.63, 3.8) is 0 Å². The predicted molar refractivity (Wildman–Crippen MR) is 76.4 cm³/mol. The van der Waals surface area contributed by atoms with Crippen LogP contribution in [0.25, 0.3) is 10.2 Å². The van der Waals surface area contributed by atoms with E-state index in [-0.39, 0.29) is 6.61 Å². The van der Waals surface area contributed by atoms with E-state index < -0.39 is 11.6 Å². The average molecular weight is 293 g/mol. The summed E-state index contributed by atoms with van der Waals surface area (Å²) in [5.41, 5.74) is -0.416. The first-order valence-electron chi connectivity index (χ1n) is 6.29. The Kier molecular flexibility index (Phi) is 3.10. The molecule has 7 heteroatoms. The van der Waals surface area contributed by atoms with Crippen LogP contribution >= 0.6 is 11.3 Å². The number of aliphatic carboxylic acids is 1. The number of aryl methyl sites for hydroxylation is 1. The minimum absolute atomic E-state index is 0.263. The predicted octanol–water partition coefficient (Wildman–Crippen LogP) is 1.68. The highest BCUT2D eigenvalue weighted by atomic mass is 32.1. The fourth-order valence-corrected chi connectivity index (χ4v) is 3.30. The van der Waals surface area contributed by atoms with Gasteiger partial charge >= 0.3 is 5.97 Å². The largest absolute Gasteiger partial charge is 0.480 e. The first kappa shape index (κ1) is 13.3. The van der Waals surface area contributed by atoms with Gasteiger partial charge in [0, 0.05) is 4.88 Å². The Morgan fingerprint density at radius 1 is 1.55 bits per heavy atom. The number of aromatic nitrogens is 2. The smallest absolute Gasteiger partial charge is 0.329 e. The number of carboxylic acid groups (broad SMARTS) is 1. The number of thiophene rings is 1. The number of nitrogens with zero attached hydrogens (tertiary/aromatic N) is 3. The van der Waals surface area contributed by atoms with Gasteiger partial charge in [0.1, 0.15) is 29.2 Å². The third-order valence-corrected chi connectivity index (χ3v) is 4.28. The summed E-state index contributed by atoms with van der Waals surface area (Å²) in [7, 11) is 0. The molecule has 1 aliphatic heterocycles. The maximum atomic E-state index is 10.6. The number of carbonyl (C=O) groups is 1. The molecule has 106 valence electrons. The quantitative estimate of drug-likeness (QED) is 0.924. The molecule has 1 saturated heterocycles. The van der Waals surface area contributed by atoms with E-state index in [1.807, 2.05) is 13.8 Å². The van der Waals surface area contributed by atoms with Crippen LogP contribution in [0.15, 0.2) is 12.4 Å². The number of anilines is 1. The Balaban J connectivity index is 1.77. The molecule has 1 aliphatic rings. The monoisotopic (exact) mass is 293 g/mol. The van der Waals surface area contributed by atoms with Crippen LogP contribution in [0.3, 0.4) is 0 Å². The Morgan fingerprint density at radius 3 is 3.00 bits per heavy atom. The minimum Gasteiger partial charge on any atom is -0.480 e. The molecule has 2 aromatic heterocycles. The number of hydrogen-bond donors (Lipinski definition) is 1. The summed E-state index contributed by atoms with van der Waals surface area (Å²) in [5.74, 6) is -0.0432. The van der Waals surface area contributed by atoms with E-state index >= 15 is 0 Å². The van der Waals surface area contributed by atoms with Gasteiger partial charge in [0.15, 0.2) is 0 Å². The van der Waals surface area contributed by atoms with Crippen molar-refractivity contribution in [2.75, 3.05) is 24.6 Å². The Hall–Kier alpha value is -1.73. The molecule has 0 amide bonds. The zero-order valence-corrected chi connectivity index (χ0v) is 12.1. The molecule has 0 atom stereocenters. The van der Waals surface area contributed by atoms with E-state index in [0.29, 0.717) is 13.1 Å². The maximum Gasteiger partial charge on any atom is 0.329 e. The average Bonchev–Trinajstić information content (AvgIpc) is 2.73. The lowest BCUT2D eigenvalue weighted by Crippen LogP contribution is -2.62. The summed E-state index contributed by atoms with van der Waals surface area (Å²) in [4.78, 5) is 23.5. The Bertz CT molecular complexity index is 664. The van der Waals surface area contributed by atoms with Crippen LogP contribution in [0.4, 0.5) is 5.82 Å². The standard InChI is InChI=1S/C13H15N3O3S/c1-8-3-9-11(14-7-15-12(9)20-8)16-5-13(2,6-16)19-4-10(17)18/h3,7H,4-6H2,1-2H3,(H,17,18). The van der Waals surface area contributed by atoms with Crippen LogP contribution in [0, 0.1) is 6.92 Å². The maximum absolute atomic E-state index is 10.6. The molecule has 0 aliphatic carbocycles. The highest BCUT2D eigenvalue weighted by Crippen LogP contribution is 2.35. The van der Waals surface area contributed by atoms with Crippen molar-refractivity contribution in [3.8, 4) is 0 Å². The van der Waals surface area contributed by atoms with Gasteiger partial charge in [-0.3, -0.25) is 0 Å². The molecule has 3 heterocycles. The second kappa shape index (κ2) is 4.68. The molecule has 0 unspecified atom stereocenters. The lowest BCUT2D eigenvalue weighted by atomic mass is 9.96. The molecule has 3 rings (SSSR count). The zero-order valence-electron chi connectivity index (χ0n) is 11.3. The van der Waals surface area contributed by atoms with E-state index in [2.05, 4.69) is 20.9 Å². The van der Waals surface area contributed by atoms with Crippen LogP contribution in [0.2, 0.25) is 0 Å². The summed E-state index contributed by atoms with van der Waals surface area (Å²) in [6, 6.07) is 2.09. The lowest BCUT2D eigenvalue weighted by Gasteiger charge is -2.48. The summed E-state index contributed by atoms with van der Waals surface area (Å²) in [6.45, 7) is 4.99. The van der Waals surface area contributed by atoms with Crippen LogP contribution in [-0.2, 0) is 9.53 Å². The van der Waals surface area contributed by atoms with Crippen LogP contribution in [-0.4, -0.2) is 46.3 Å². The normalized spacial score (nSPS) is 17.2. The van der Waals surface area contributed by atoms with E-state index in [4.69, 9.17) is 9.84 Å². The number of carboxylic acids is 1. The van der Waals surface area contributed by atoms with E-state index in [1.165, 1.54) is 4.88 Å². The summed E-state index contributed by atoms with van der Waals surface area (Å²) in [6.07, 6.45) is 1.57. The minimum atomic E-state index is -0.942. The molecule has 6 nitrogen and oxygen atoms in total. The third-order valence-electron chi connectivity index (χ3n) is 3.33. The van der Waals surface area contributed by atoms with Crippen LogP contribution in [0.5, 0.6) is 0 Å². The van der Waals surface area contributed by atoms with Crippen molar-refractivity contribution in [2.24, 2.45) is 0 Å². The molecule has 0 bridgehead atoms. The second-order valence-corrected chi connectivity index (χ2v) is 6.50. The van der Waals surface area contributed by atoms with E-state index in [0.717, 1.165) is 16.0 Å². The number of fused-ring (bicyclic) bond motifs is 1. The van der Waals surface area contributed by atoms with Gasteiger partial charge in [-0.15, -0.1) is 11.3 Å². The van der Waals surface area contributed by atoms with E-state index in [1.54, 1.807) is 17.7 Å². The van der Waals surface area contributed by atoms with Crippen molar-refractivity contribution in [2.45, 2.75) is 19.4 Å². The summed E-state index contributed by atoms with van der Waals surface area (Å²) < 4.78 is 5.41. The van der Waals surface area contributed by atoms with Gasteiger partial charge < -0.3 is 14.7 Å². The zero-order chi connectivity index (χ0) is 14.3. The topological polar surface area (TPSA) is 75.5 Å². The molecule has 2 aromatic rings. The van der Waals surface area contributed by atoms with Gasteiger partial charge in [0.2, 0.25) is 0 Å². The molecule has 20 heavy (non-hydrogen) atoms. The van der Waals surface area contributed by atoms with Crippen molar-refractivity contribution in [3.05, 3.63) is 17.3 Å². The number of ether oxygens (including phenoxy) is 1. The van der Waals surface area contributed by atoms with Gasteiger partial charge in [-0.2, -0.15) is 0 Å². The molecule has 0 aromatic carbocycles.